The van der Waals surface area contributed by atoms with Crippen LogP contribution in [0.5, 0.6) is 0 Å². The van der Waals surface area contributed by atoms with E-state index in [-0.39, 0.29) is 5.91 Å². The molecule has 0 aromatic carbocycles. The van der Waals surface area contributed by atoms with Gasteiger partial charge < -0.3 is 4.74 Å². The maximum Gasteiger partial charge on any atom is 0.246 e. The highest BCUT2D eigenvalue weighted by atomic mass is 32.1. The largest absolute Gasteiger partial charge is 0.381 e. The Balaban J connectivity index is 1.35. The number of hydroxylamine groups is 2. The summed E-state index contributed by atoms with van der Waals surface area (Å²) in [4.78, 5) is 23.4. The Hall–Kier alpha value is -0.950. The fourth-order valence-corrected chi connectivity index (χ4v) is 5.38. The van der Waals surface area contributed by atoms with E-state index < -0.39 is 0 Å². The van der Waals surface area contributed by atoms with E-state index in [0.29, 0.717) is 37.4 Å². The van der Waals surface area contributed by atoms with Gasteiger partial charge >= 0.3 is 0 Å². The quantitative estimate of drug-likeness (QED) is 0.824. The van der Waals surface area contributed by atoms with Crippen molar-refractivity contribution in [2.45, 2.75) is 32.7 Å². The molecule has 0 saturated carbocycles. The third-order valence-electron chi connectivity index (χ3n) is 5.73. The lowest BCUT2D eigenvalue weighted by atomic mass is 9.81. The summed E-state index contributed by atoms with van der Waals surface area (Å²) >= 11 is 1.89. The summed E-state index contributed by atoms with van der Waals surface area (Å²) in [5.41, 5.74) is 0. The molecule has 1 amide bonds. The van der Waals surface area contributed by atoms with Crippen molar-refractivity contribution < 1.29 is 14.4 Å². The molecule has 3 aliphatic heterocycles. The predicted octanol–water partition coefficient (Wildman–Crippen LogP) is 2.70. The summed E-state index contributed by atoms with van der Waals surface area (Å²) < 4.78 is 5.85. The van der Waals surface area contributed by atoms with Gasteiger partial charge in [0.1, 0.15) is 0 Å². The number of hydrogen-bond donors (Lipinski definition) is 0. The second-order valence-corrected chi connectivity index (χ2v) is 9.04. The molecule has 138 valence electrons. The molecule has 1 aromatic heterocycles. The molecule has 0 aliphatic carbocycles. The van der Waals surface area contributed by atoms with E-state index in [4.69, 9.17) is 9.57 Å². The van der Waals surface area contributed by atoms with Crippen LogP contribution in [0.1, 0.15) is 29.0 Å². The average molecular weight is 365 g/mol. The average Bonchev–Trinajstić information content (AvgIpc) is 3.22. The van der Waals surface area contributed by atoms with Gasteiger partial charge in [0.15, 0.2) is 0 Å². The normalized spacial score (nSPS) is 30.4. The first-order valence-corrected chi connectivity index (χ1v) is 10.3. The van der Waals surface area contributed by atoms with Gasteiger partial charge in [0.05, 0.1) is 19.8 Å². The molecule has 0 spiro atoms. The SMILES string of the molecule is Cc1ccc(CN2C[C@@H]3COC[C@@H](CC(=O)N4CCCCO4)[C@@H]3C2)s1. The molecule has 25 heavy (non-hydrogen) atoms. The molecule has 0 radical (unpaired) electrons. The van der Waals surface area contributed by atoms with E-state index in [2.05, 4.69) is 24.0 Å². The van der Waals surface area contributed by atoms with Crippen LogP contribution in [0.4, 0.5) is 0 Å². The van der Waals surface area contributed by atoms with Crippen molar-refractivity contribution in [3.05, 3.63) is 21.9 Å². The van der Waals surface area contributed by atoms with Gasteiger partial charge in [-0.2, -0.15) is 0 Å². The van der Waals surface area contributed by atoms with E-state index in [1.807, 2.05) is 11.3 Å². The van der Waals surface area contributed by atoms with Crippen molar-refractivity contribution in [3.63, 3.8) is 0 Å². The maximum absolute atomic E-state index is 12.6. The predicted molar refractivity (Wildman–Crippen MR) is 97.1 cm³/mol. The highest BCUT2D eigenvalue weighted by molar-refractivity contribution is 7.11. The number of rotatable bonds is 4. The Kier molecular flexibility index (Phi) is 5.41. The summed E-state index contributed by atoms with van der Waals surface area (Å²) in [6.45, 7) is 8.34. The van der Waals surface area contributed by atoms with Crippen LogP contribution >= 0.6 is 11.3 Å². The van der Waals surface area contributed by atoms with Gasteiger partial charge in [-0.05, 0) is 49.7 Å². The number of nitrogens with zero attached hydrogens (tertiary/aromatic N) is 2. The lowest BCUT2D eigenvalue weighted by Gasteiger charge is -2.34. The Morgan fingerprint density at radius 1 is 1.28 bits per heavy atom. The standard InChI is InChI=1S/C19H28N2O3S/c1-14-4-5-17(25-14)10-20-9-16-13-23-12-15(18(16)11-20)8-19(22)21-6-2-3-7-24-21/h4-5,15-16,18H,2-3,6-13H2,1H3/t15-,16-,18+/m1/s1. The van der Waals surface area contributed by atoms with E-state index in [0.717, 1.165) is 45.6 Å². The first-order valence-electron chi connectivity index (χ1n) is 9.48. The second kappa shape index (κ2) is 7.74. The molecule has 5 nitrogen and oxygen atoms in total. The number of fused-ring (bicyclic) bond motifs is 1. The Morgan fingerprint density at radius 2 is 2.20 bits per heavy atom. The zero-order chi connectivity index (χ0) is 17.2. The molecule has 1 aromatic rings. The number of likely N-dealkylation sites (tertiary alicyclic amines) is 1. The maximum atomic E-state index is 12.6. The van der Waals surface area contributed by atoms with Gasteiger partial charge in [0.25, 0.3) is 0 Å². The molecule has 0 bridgehead atoms. The molecule has 3 saturated heterocycles. The van der Waals surface area contributed by atoms with Gasteiger partial charge in [-0.1, -0.05) is 0 Å². The molecule has 0 N–H and O–H groups in total. The van der Waals surface area contributed by atoms with Gasteiger partial charge in [-0.25, -0.2) is 5.06 Å². The first kappa shape index (κ1) is 17.5. The van der Waals surface area contributed by atoms with Crippen molar-refractivity contribution in [2.24, 2.45) is 17.8 Å². The molecule has 4 rings (SSSR count). The zero-order valence-corrected chi connectivity index (χ0v) is 15.8. The first-order chi connectivity index (χ1) is 12.2. The Morgan fingerprint density at radius 3 is 2.96 bits per heavy atom. The monoisotopic (exact) mass is 364 g/mol. The van der Waals surface area contributed by atoms with Crippen LogP contribution in [0.2, 0.25) is 0 Å². The Bertz CT molecular complexity index is 599. The van der Waals surface area contributed by atoms with E-state index in [1.54, 1.807) is 5.06 Å². The number of amides is 1. The van der Waals surface area contributed by atoms with Crippen molar-refractivity contribution >= 4 is 17.2 Å². The number of aryl methyl sites for hydroxylation is 1. The van der Waals surface area contributed by atoms with E-state index >= 15 is 0 Å². The molecule has 0 unspecified atom stereocenters. The third-order valence-corrected chi connectivity index (χ3v) is 6.72. The molecule has 3 fully saturated rings. The summed E-state index contributed by atoms with van der Waals surface area (Å²) in [6, 6.07) is 4.44. The van der Waals surface area contributed by atoms with Crippen LogP contribution < -0.4 is 0 Å². The van der Waals surface area contributed by atoms with Crippen molar-refractivity contribution in [1.82, 2.24) is 9.96 Å². The van der Waals surface area contributed by atoms with E-state index in [1.165, 1.54) is 9.75 Å². The smallest absolute Gasteiger partial charge is 0.246 e. The van der Waals surface area contributed by atoms with Crippen LogP contribution in [0.3, 0.4) is 0 Å². The number of hydrogen-bond acceptors (Lipinski definition) is 5. The highest BCUT2D eigenvalue weighted by Crippen LogP contribution is 2.37. The van der Waals surface area contributed by atoms with Crippen molar-refractivity contribution in [3.8, 4) is 0 Å². The topological polar surface area (TPSA) is 42.0 Å². The van der Waals surface area contributed by atoms with Gasteiger partial charge in [-0.15, -0.1) is 11.3 Å². The van der Waals surface area contributed by atoms with E-state index in [9.17, 15) is 4.79 Å². The summed E-state index contributed by atoms with van der Waals surface area (Å²) in [5.74, 6) is 1.60. The Labute approximate surface area is 153 Å². The zero-order valence-electron chi connectivity index (χ0n) is 15.0. The fraction of sp³-hybridized carbons (Fsp3) is 0.737. The number of thiophene rings is 1. The van der Waals surface area contributed by atoms with Crippen LogP contribution in [-0.4, -0.2) is 55.3 Å². The summed E-state index contributed by atoms with van der Waals surface area (Å²) in [5, 5.41) is 1.59. The van der Waals surface area contributed by atoms with Gasteiger partial charge in [0, 0.05) is 42.4 Å². The summed E-state index contributed by atoms with van der Waals surface area (Å²) in [6.07, 6.45) is 2.66. The van der Waals surface area contributed by atoms with Crippen LogP contribution in [-0.2, 0) is 20.9 Å². The molecule has 3 aliphatic rings. The van der Waals surface area contributed by atoms with Crippen molar-refractivity contribution in [1.29, 1.82) is 0 Å². The lowest BCUT2D eigenvalue weighted by Crippen LogP contribution is -2.41. The number of carbonyl (C=O) groups excluding carboxylic acids is 1. The lowest BCUT2D eigenvalue weighted by molar-refractivity contribution is -0.199. The molecule has 6 heteroatoms. The van der Waals surface area contributed by atoms with Gasteiger partial charge in [-0.3, -0.25) is 14.5 Å². The second-order valence-electron chi connectivity index (χ2n) is 7.67. The molecular weight excluding hydrogens is 336 g/mol. The molecular formula is C19H28N2O3S. The highest BCUT2D eigenvalue weighted by Gasteiger charge is 2.42. The molecule has 4 heterocycles. The fourth-order valence-electron chi connectivity index (χ4n) is 4.44. The minimum Gasteiger partial charge on any atom is -0.381 e. The van der Waals surface area contributed by atoms with Crippen LogP contribution in [0.25, 0.3) is 0 Å². The van der Waals surface area contributed by atoms with Crippen molar-refractivity contribution in [2.75, 3.05) is 39.5 Å². The van der Waals surface area contributed by atoms with Gasteiger partial charge in [0.2, 0.25) is 5.91 Å². The number of carbonyl (C=O) groups is 1. The minimum absolute atomic E-state index is 0.140. The number of ether oxygens (including phenoxy) is 1. The van der Waals surface area contributed by atoms with Crippen LogP contribution in [0.15, 0.2) is 12.1 Å². The third kappa shape index (κ3) is 4.08. The minimum atomic E-state index is 0.140. The van der Waals surface area contributed by atoms with Crippen LogP contribution in [0, 0.1) is 24.7 Å². The summed E-state index contributed by atoms with van der Waals surface area (Å²) in [7, 11) is 0. The molecule has 3 atom stereocenters.